The number of anilines is 1. The Kier molecular flexibility index (Phi) is 6.17. The lowest BCUT2D eigenvalue weighted by Crippen LogP contribution is -2.41. The molecule has 1 aromatic carbocycles. The Balaban J connectivity index is 2.81. The lowest BCUT2D eigenvalue weighted by molar-refractivity contribution is 0.0696. The van der Waals surface area contributed by atoms with Crippen molar-refractivity contribution in [2.45, 2.75) is 33.2 Å². The molecule has 0 unspecified atom stereocenters. The van der Waals surface area contributed by atoms with Crippen LogP contribution in [0.3, 0.4) is 0 Å². The number of carboxylic acids is 1. The van der Waals surface area contributed by atoms with E-state index in [4.69, 9.17) is 10.2 Å². The minimum absolute atomic E-state index is 0.0101. The van der Waals surface area contributed by atoms with Crippen LogP contribution in [0.4, 0.5) is 10.5 Å². The van der Waals surface area contributed by atoms with E-state index in [0.717, 1.165) is 0 Å². The minimum Gasteiger partial charge on any atom is -0.478 e. The molecule has 0 atom stereocenters. The number of urea groups is 1. The van der Waals surface area contributed by atoms with Crippen LogP contribution < -0.4 is 5.32 Å². The monoisotopic (exact) mass is 294 g/mol. The van der Waals surface area contributed by atoms with Crippen molar-refractivity contribution in [2.24, 2.45) is 0 Å². The highest BCUT2D eigenvalue weighted by atomic mass is 16.4. The van der Waals surface area contributed by atoms with Gasteiger partial charge in [-0.25, -0.2) is 9.59 Å². The van der Waals surface area contributed by atoms with E-state index in [1.165, 1.54) is 6.07 Å². The number of rotatable bonds is 6. The molecule has 6 nitrogen and oxygen atoms in total. The first-order chi connectivity index (χ1) is 9.86. The van der Waals surface area contributed by atoms with Crippen molar-refractivity contribution in [2.75, 3.05) is 18.5 Å². The minimum atomic E-state index is -0.989. The summed E-state index contributed by atoms with van der Waals surface area (Å²) in [5.41, 5.74) is 1.36. The van der Waals surface area contributed by atoms with Crippen LogP contribution in [-0.4, -0.2) is 46.3 Å². The summed E-state index contributed by atoms with van der Waals surface area (Å²) < 4.78 is 0. The van der Waals surface area contributed by atoms with E-state index in [1.807, 2.05) is 13.8 Å². The second-order valence-corrected chi connectivity index (χ2v) is 5.13. The number of amides is 2. The Hall–Kier alpha value is -2.08. The second-order valence-electron chi connectivity index (χ2n) is 5.13. The van der Waals surface area contributed by atoms with Crippen molar-refractivity contribution < 1.29 is 19.8 Å². The highest BCUT2D eigenvalue weighted by Gasteiger charge is 2.17. The van der Waals surface area contributed by atoms with Crippen LogP contribution in [-0.2, 0) is 0 Å². The molecule has 0 aromatic heterocycles. The van der Waals surface area contributed by atoms with Gasteiger partial charge in [0.15, 0.2) is 0 Å². The van der Waals surface area contributed by atoms with Gasteiger partial charge in [0.25, 0.3) is 0 Å². The van der Waals surface area contributed by atoms with Crippen LogP contribution >= 0.6 is 0 Å². The Labute approximate surface area is 124 Å². The fourth-order valence-corrected chi connectivity index (χ4v) is 2.01. The highest BCUT2D eigenvalue weighted by molar-refractivity contribution is 5.92. The molecule has 2 amide bonds. The smallest absolute Gasteiger partial charge is 0.335 e. The molecule has 0 aliphatic carbocycles. The zero-order chi connectivity index (χ0) is 16.0. The van der Waals surface area contributed by atoms with Crippen LogP contribution in [0.1, 0.15) is 36.2 Å². The molecule has 0 saturated heterocycles. The summed E-state index contributed by atoms with van der Waals surface area (Å²) >= 11 is 0. The second kappa shape index (κ2) is 7.64. The molecular formula is C15H22N2O4. The van der Waals surface area contributed by atoms with Crippen LogP contribution in [0.15, 0.2) is 18.2 Å². The van der Waals surface area contributed by atoms with E-state index in [0.29, 0.717) is 24.2 Å². The van der Waals surface area contributed by atoms with Gasteiger partial charge in [-0.1, -0.05) is 0 Å². The molecule has 0 fully saturated rings. The Morgan fingerprint density at radius 2 is 2.00 bits per heavy atom. The van der Waals surface area contributed by atoms with Gasteiger partial charge >= 0.3 is 12.0 Å². The third-order valence-corrected chi connectivity index (χ3v) is 3.15. The Bertz CT molecular complexity index is 514. The number of carbonyl (C=O) groups is 2. The topological polar surface area (TPSA) is 89.9 Å². The number of nitrogens with zero attached hydrogens (tertiary/aromatic N) is 1. The Morgan fingerprint density at radius 3 is 2.48 bits per heavy atom. The van der Waals surface area contributed by atoms with Gasteiger partial charge in [0, 0.05) is 24.9 Å². The number of hydrogen-bond donors (Lipinski definition) is 3. The van der Waals surface area contributed by atoms with E-state index in [2.05, 4.69) is 5.32 Å². The molecular weight excluding hydrogens is 272 g/mol. The number of hydrogen-bond acceptors (Lipinski definition) is 3. The lowest BCUT2D eigenvalue weighted by atomic mass is 10.1. The van der Waals surface area contributed by atoms with E-state index in [9.17, 15) is 9.59 Å². The molecule has 0 bridgehead atoms. The van der Waals surface area contributed by atoms with Crippen molar-refractivity contribution in [3.63, 3.8) is 0 Å². The standard InChI is InChI=1S/C15H22N2O4/c1-10(2)17(7-4-8-18)15(21)16-12-5-6-13(14(19)20)11(3)9-12/h5-6,9-10,18H,4,7-8H2,1-3H3,(H,16,21)(H,19,20). The van der Waals surface area contributed by atoms with E-state index in [1.54, 1.807) is 24.0 Å². The quantitative estimate of drug-likeness (QED) is 0.751. The van der Waals surface area contributed by atoms with Gasteiger partial charge in [-0.3, -0.25) is 0 Å². The number of aryl methyl sites for hydroxylation is 1. The molecule has 116 valence electrons. The normalized spacial score (nSPS) is 10.5. The van der Waals surface area contributed by atoms with Crippen molar-refractivity contribution in [1.82, 2.24) is 4.90 Å². The highest BCUT2D eigenvalue weighted by Crippen LogP contribution is 2.16. The summed E-state index contributed by atoms with van der Waals surface area (Å²) in [6, 6.07) is 4.42. The molecule has 0 spiro atoms. The van der Waals surface area contributed by atoms with Crippen molar-refractivity contribution in [1.29, 1.82) is 0 Å². The number of benzene rings is 1. The number of carboxylic acid groups (broad SMARTS) is 1. The van der Waals surface area contributed by atoms with Crippen LogP contribution in [0.2, 0.25) is 0 Å². The molecule has 3 N–H and O–H groups in total. The number of aromatic carboxylic acids is 1. The summed E-state index contributed by atoms with van der Waals surface area (Å²) in [5.74, 6) is -0.989. The van der Waals surface area contributed by atoms with E-state index in [-0.39, 0.29) is 24.2 Å². The van der Waals surface area contributed by atoms with Crippen molar-refractivity contribution >= 4 is 17.7 Å². The number of aliphatic hydroxyl groups excluding tert-OH is 1. The summed E-state index contributed by atoms with van der Waals surface area (Å²) in [6.45, 7) is 5.98. The average molecular weight is 294 g/mol. The maximum absolute atomic E-state index is 12.2. The molecule has 0 saturated carbocycles. The summed E-state index contributed by atoms with van der Waals surface area (Å²) in [4.78, 5) is 24.8. The first-order valence-corrected chi connectivity index (χ1v) is 6.89. The molecule has 0 radical (unpaired) electrons. The van der Waals surface area contributed by atoms with Gasteiger partial charge in [0.1, 0.15) is 0 Å². The first-order valence-electron chi connectivity index (χ1n) is 6.89. The molecule has 6 heteroatoms. The molecule has 0 aliphatic heterocycles. The zero-order valence-electron chi connectivity index (χ0n) is 12.6. The molecule has 21 heavy (non-hydrogen) atoms. The van der Waals surface area contributed by atoms with Crippen LogP contribution in [0.5, 0.6) is 0 Å². The number of aliphatic hydroxyl groups is 1. The third kappa shape index (κ3) is 4.75. The van der Waals surface area contributed by atoms with Gasteiger partial charge < -0.3 is 20.4 Å². The molecule has 0 aliphatic rings. The van der Waals surface area contributed by atoms with Crippen LogP contribution in [0.25, 0.3) is 0 Å². The third-order valence-electron chi connectivity index (χ3n) is 3.15. The molecule has 0 heterocycles. The molecule has 1 rings (SSSR count). The number of carbonyl (C=O) groups excluding carboxylic acids is 1. The van der Waals surface area contributed by atoms with E-state index < -0.39 is 5.97 Å². The number of nitrogens with one attached hydrogen (secondary N) is 1. The predicted octanol–water partition coefficient (Wildman–Crippen LogP) is 2.32. The summed E-state index contributed by atoms with van der Waals surface area (Å²) in [7, 11) is 0. The van der Waals surface area contributed by atoms with E-state index >= 15 is 0 Å². The maximum atomic E-state index is 12.2. The SMILES string of the molecule is Cc1cc(NC(=O)N(CCCO)C(C)C)ccc1C(=O)O. The average Bonchev–Trinajstić information content (AvgIpc) is 2.38. The van der Waals surface area contributed by atoms with Crippen molar-refractivity contribution in [3.05, 3.63) is 29.3 Å². The van der Waals surface area contributed by atoms with Gasteiger partial charge in [-0.15, -0.1) is 0 Å². The zero-order valence-corrected chi connectivity index (χ0v) is 12.6. The fourth-order valence-electron chi connectivity index (χ4n) is 2.01. The van der Waals surface area contributed by atoms with Gasteiger partial charge in [-0.05, 0) is 51.0 Å². The largest absolute Gasteiger partial charge is 0.478 e. The Morgan fingerprint density at radius 1 is 1.33 bits per heavy atom. The summed E-state index contributed by atoms with van der Waals surface area (Å²) in [5, 5.41) is 20.6. The fraction of sp³-hybridized carbons (Fsp3) is 0.467. The van der Waals surface area contributed by atoms with Gasteiger partial charge in [-0.2, -0.15) is 0 Å². The molecule has 1 aromatic rings. The predicted molar refractivity (Wildman–Crippen MR) is 80.7 cm³/mol. The van der Waals surface area contributed by atoms with Crippen molar-refractivity contribution in [3.8, 4) is 0 Å². The maximum Gasteiger partial charge on any atom is 0.335 e. The van der Waals surface area contributed by atoms with Gasteiger partial charge in [0.05, 0.1) is 5.56 Å². The lowest BCUT2D eigenvalue weighted by Gasteiger charge is -2.26. The van der Waals surface area contributed by atoms with Gasteiger partial charge in [0.2, 0.25) is 0 Å². The first kappa shape index (κ1) is 17.0. The summed E-state index contributed by atoms with van der Waals surface area (Å²) in [6.07, 6.45) is 0.516. The van der Waals surface area contributed by atoms with Crippen LogP contribution in [0, 0.1) is 6.92 Å².